The van der Waals surface area contributed by atoms with Crippen LogP contribution in [0.1, 0.15) is 27.6 Å². The second-order valence-corrected chi connectivity index (χ2v) is 4.55. The van der Waals surface area contributed by atoms with Crippen LogP contribution in [0.2, 0.25) is 0 Å². The minimum atomic E-state index is -0.515. The molecule has 1 saturated heterocycles. The molecular formula is C13H18ClN3O2. The summed E-state index contributed by atoms with van der Waals surface area (Å²) < 4.78 is 0. The van der Waals surface area contributed by atoms with Gasteiger partial charge in [0.15, 0.2) is 0 Å². The number of hydrogen-bond acceptors (Lipinski definition) is 3. The van der Waals surface area contributed by atoms with Crippen molar-refractivity contribution in [3.8, 4) is 0 Å². The fraction of sp³-hybridized carbons (Fsp3) is 0.385. The summed E-state index contributed by atoms with van der Waals surface area (Å²) in [6, 6.07) is 6.85. The molecule has 1 aliphatic heterocycles. The summed E-state index contributed by atoms with van der Waals surface area (Å²) in [5.74, 6) is -0.565. The van der Waals surface area contributed by atoms with E-state index >= 15 is 0 Å². The Hall–Kier alpha value is -1.59. The highest BCUT2D eigenvalue weighted by Crippen LogP contribution is 2.10. The first-order valence-electron chi connectivity index (χ1n) is 6.00. The van der Waals surface area contributed by atoms with E-state index in [9.17, 15) is 9.59 Å². The van der Waals surface area contributed by atoms with Gasteiger partial charge in [-0.3, -0.25) is 9.59 Å². The van der Waals surface area contributed by atoms with E-state index in [1.54, 1.807) is 29.2 Å². The Morgan fingerprint density at radius 1 is 1.37 bits per heavy atom. The summed E-state index contributed by atoms with van der Waals surface area (Å²) >= 11 is 0. The van der Waals surface area contributed by atoms with Crippen molar-refractivity contribution in [3.63, 3.8) is 0 Å². The minimum absolute atomic E-state index is 0. The molecule has 0 aliphatic carbocycles. The second kappa shape index (κ2) is 6.54. The lowest BCUT2D eigenvalue weighted by molar-refractivity contribution is 0.0709. The van der Waals surface area contributed by atoms with E-state index in [0.29, 0.717) is 30.3 Å². The topological polar surface area (TPSA) is 75.4 Å². The number of halogens is 1. The number of primary amides is 1. The van der Waals surface area contributed by atoms with Gasteiger partial charge in [0.2, 0.25) is 5.91 Å². The van der Waals surface area contributed by atoms with E-state index in [1.165, 1.54) is 0 Å². The van der Waals surface area contributed by atoms with E-state index in [-0.39, 0.29) is 18.3 Å². The third-order valence-electron chi connectivity index (χ3n) is 3.05. The van der Waals surface area contributed by atoms with Crippen molar-refractivity contribution in [1.29, 1.82) is 0 Å². The molecule has 0 spiro atoms. The Balaban J connectivity index is 0.00000180. The lowest BCUT2D eigenvalue weighted by Crippen LogP contribution is -2.51. The van der Waals surface area contributed by atoms with Gasteiger partial charge in [-0.1, -0.05) is 6.07 Å². The maximum atomic E-state index is 12.3. The van der Waals surface area contributed by atoms with Crippen molar-refractivity contribution < 1.29 is 9.59 Å². The second-order valence-electron chi connectivity index (χ2n) is 4.55. The van der Waals surface area contributed by atoms with E-state index in [4.69, 9.17) is 5.73 Å². The molecule has 1 heterocycles. The number of nitrogens with one attached hydrogen (secondary N) is 1. The van der Waals surface area contributed by atoms with Crippen LogP contribution in [0.25, 0.3) is 0 Å². The molecule has 1 fully saturated rings. The molecule has 0 bridgehead atoms. The molecule has 1 atom stereocenters. The van der Waals surface area contributed by atoms with Crippen molar-refractivity contribution in [2.24, 2.45) is 5.73 Å². The van der Waals surface area contributed by atoms with E-state index in [2.05, 4.69) is 5.32 Å². The molecule has 19 heavy (non-hydrogen) atoms. The number of carbonyl (C=O) groups is 2. The Bertz CT molecular complexity index is 479. The fourth-order valence-electron chi connectivity index (χ4n) is 2.10. The number of hydrogen-bond donors (Lipinski definition) is 2. The maximum absolute atomic E-state index is 12.3. The first kappa shape index (κ1) is 15.5. The van der Waals surface area contributed by atoms with Crippen LogP contribution in [-0.2, 0) is 0 Å². The highest BCUT2D eigenvalue weighted by Gasteiger charge is 2.21. The number of piperazine rings is 1. The molecule has 0 unspecified atom stereocenters. The summed E-state index contributed by atoms with van der Waals surface area (Å²) in [4.78, 5) is 25.2. The van der Waals surface area contributed by atoms with Gasteiger partial charge in [-0.25, -0.2) is 0 Å². The van der Waals surface area contributed by atoms with Gasteiger partial charge in [0, 0.05) is 36.8 Å². The lowest BCUT2D eigenvalue weighted by atomic mass is 10.1. The number of nitrogens with two attached hydrogens (primary N) is 1. The van der Waals surface area contributed by atoms with Crippen molar-refractivity contribution in [1.82, 2.24) is 10.2 Å². The standard InChI is InChI=1S/C13H17N3O2.ClH/c1-9-8-16(6-5-15-9)13(18)11-4-2-3-10(7-11)12(14)17;/h2-4,7,9,15H,5-6,8H2,1H3,(H2,14,17);1H/t9-;/m1./s1. The summed E-state index contributed by atoms with van der Waals surface area (Å²) in [6.45, 7) is 4.20. The zero-order valence-corrected chi connectivity index (χ0v) is 11.6. The van der Waals surface area contributed by atoms with Crippen LogP contribution in [0.4, 0.5) is 0 Å². The molecule has 3 N–H and O–H groups in total. The molecule has 1 aromatic rings. The molecule has 2 rings (SSSR count). The highest BCUT2D eigenvalue weighted by atomic mass is 35.5. The normalized spacial score (nSPS) is 18.6. The Morgan fingerprint density at radius 2 is 2.05 bits per heavy atom. The van der Waals surface area contributed by atoms with Gasteiger partial charge < -0.3 is 16.0 Å². The van der Waals surface area contributed by atoms with Crippen molar-refractivity contribution >= 4 is 24.2 Å². The first-order chi connectivity index (χ1) is 8.58. The molecule has 1 aromatic carbocycles. The predicted molar refractivity (Wildman–Crippen MR) is 75.6 cm³/mol. The quantitative estimate of drug-likeness (QED) is 0.836. The summed E-state index contributed by atoms with van der Waals surface area (Å²) in [7, 11) is 0. The summed E-state index contributed by atoms with van der Waals surface area (Å²) in [5, 5.41) is 3.28. The minimum Gasteiger partial charge on any atom is -0.366 e. The average molecular weight is 284 g/mol. The Morgan fingerprint density at radius 3 is 2.68 bits per heavy atom. The fourth-order valence-corrected chi connectivity index (χ4v) is 2.10. The average Bonchev–Trinajstić information content (AvgIpc) is 2.38. The van der Waals surface area contributed by atoms with Gasteiger partial charge >= 0.3 is 0 Å². The van der Waals surface area contributed by atoms with Crippen molar-refractivity contribution in [2.75, 3.05) is 19.6 Å². The number of benzene rings is 1. The van der Waals surface area contributed by atoms with Crippen molar-refractivity contribution in [3.05, 3.63) is 35.4 Å². The molecule has 0 saturated carbocycles. The lowest BCUT2D eigenvalue weighted by Gasteiger charge is -2.32. The molecule has 0 aromatic heterocycles. The van der Waals surface area contributed by atoms with Crippen LogP contribution in [0, 0.1) is 0 Å². The van der Waals surface area contributed by atoms with Gasteiger partial charge in [0.05, 0.1) is 0 Å². The molecule has 5 nitrogen and oxygen atoms in total. The van der Waals surface area contributed by atoms with Crippen LogP contribution in [0.3, 0.4) is 0 Å². The number of amides is 2. The molecular weight excluding hydrogens is 266 g/mol. The molecule has 6 heteroatoms. The zero-order chi connectivity index (χ0) is 13.1. The van der Waals surface area contributed by atoms with Gasteiger partial charge in [-0.2, -0.15) is 0 Å². The number of nitrogens with zero attached hydrogens (tertiary/aromatic N) is 1. The van der Waals surface area contributed by atoms with E-state index in [0.717, 1.165) is 6.54 Å². The highest BCUT2D eigenvalue weighted by molar-refractivity contribution is 5.99. The Kier molecular flexibility index (Phi) is 5.32. The monoisotopic (exact) mass is 283 g/mol. The van der Waals surface area contributed by atoms with E-state index in [1.807, 2.05) is 6.92 Å². The van der Waals surface area contributed by atoms with Gasteiger partial charge in [-0.05, 0) is 25.1 Å². The number of rotatable bonds is 2. The van der Waals surface area contributed by atoms with Crippen LogP contribution in [-0.4, -0.2) is 42.4 Å². The summed E-state index contributed by atoms with van der Waals surface area (Å²) in [6.07, 6.45) is 0. The van der Waals surface area contributed by atoms with Gasteiger partial charge in [-0.15, -0.1) is 12.4 Å². The summed E-state index contributed by atoms with van der Waals surface area (Å²) in [5.41, 5.74) is 6.09. The van der Waals surface area contributed by atoms with E-state index < -0.39 is 5.91 Å². The number of carbonyl (C=O) groups excluding carboxylic acids is 2. The van der Waals surface area contributed by atoms with Gasteiger partial charge in [0.1, 0.15) is 0 Å². The largest absolute Gasteiger partial charge is 0.366 e. The van der Waals surface area contributed by atoms with Crippen LogP contribution < -0.4 is 11.1 Å². The molecule has 1 aliphatic rings. The van der Waals surface area contributed by atoms with Crippen LogP contribution >= 0.6 is 12.4 Å². The van der Waals surface area contributed by atoms with Crippen molar-refractivity contribution in [2.45, 2.75) is 13.0 Å². The molecule has 104 valence electrons. The predicted octanol–water partition coefficient (Wildman–Crippen LogP) is 0.641. The zero-order valence-electron chi connectivity index (χ0n) is 10.8. The first-order valence-corrected chi connectivity index (χ1v) is 6.00. The Labute approximate surface area is 118 Å². The third-order valence-corrected chi connectivity index (χ3v) is 3.05. The SMILES string of the molecule is C[C@@H]1CN(C(=O)c2cccc(C(N)=O)c2)CCN1.Cl. The van der Waals surface area contributed by atoms with Gasteiger partial charge in [0.25, 0.3) is 5.91 Å². The molecule has 2 amide bonds. The molecule has 0 radical (unpaired) electrons. The van der Waals surface area contributed by atoms with Crippen LogP contribution in [0.15, 0.2) is 24.3 Å². The maximum Gasteiger partial charge on any atom is 0.253 e. The smallest absolute Gasteiger partial charge is 0.253 e. The van der Waals surface area contributed by atoms with Crippen LogP contribution in [0.5, 0.6) is 0 Å². The third kappa shape index (κ3) is 3.68.